The summed E-state index contributed by atoms with van der Waals surface area (Å²) in [5.41, 5.74) is 0.349. The lowest BCUT2D eigenvalue weighted by molar-refractivity contribution is -0.141. The van der Waals surface area contributed by atoms with Gasteiger partial charge in [0.2, 0.25) is 0 Å². The van der Waals surface area contributed by atoms with Crippen molar-refractivity contribution < 1.29 is 33.8 Å². The van der Waals surface area contributed by atoms with E-state index in [1.54, 1.807) is 13.8 Å². The average Bonchev–Trinajstić information content (AvgIpc) is 2.61. The third kappa shape index (κ3) is 6.61. The van der Waals surface area contributed by atoms with Gasteiger partial charge >= 0.3 is 23.9 Å². The van der Waals surface area contributed by atoms with E-state index in [1.165, 1.54) is 37.1 Å². The van der Waals surface area contributed by atoms with Gasteiger partial charge in [-0.2, -0.15) is 0 Å². The van der Waals surface area contributed by atoms with Crippen LogP contribution in [0, 0.1) is 5.92 Å². The Hall–Kier alpha value is -3.10. The maximum absolute atomic E-state index is 12.3. The summed E-state index contributed by atoms with van der Waals surface area (Å²) in [6.45, 7) is 5.07. The Labute approximate surface area is 157 Å². The number of rotatable bonds is 8. The van der Waals surface area contributed by atoms with Crippen LogP contribution in [0.5, 0.6) is 0 Å². The number of carbonyl (C=O) groups is 4. The molecule has 0 saturated heterocycles. The third-order valence-electron chi connectivity index (χ3n) is 3.52. The summed E-state index contributed by atoms with van der Waals surface area (Å²) in [5.74, 6) is -3.07. The highest BCUT2D eigenvalue weighted by molar-refractivity contribution is 5.99. The van der Waals surface area contributed by atoms with Gasteiger partial charge in [0.1, 0.15) is 0 Å². The quantitative estimate of drug-likeness (QED) is 0.663. The Bertz CT molecular complexity index is 681. The van der Waals surface area contributed by atoms with Crippen molar-refractivity contribution >= 4 is 29.6 Å². The Morgan fingerprint density at radius 1 is 1.04 bits per heavy atom. The van der Waals surface area contributed by atoms with Crippen molar-refractivity contribution in [2.24, 2.45) is 5.92 Å². The number of amides is 2. The molecule has 0 fully saturated rings. The minimum absolute atomic E-state index is 0.0104. The predicted molar refractivity (Wildman–Crippen MR) is 96.8 cm³/mol. The summed E-state index contributed by atoms with van der Waals surface area (Å²) in [7, 11) is 1.44. The van der Waals surface area contributed by atoms with Crippen LogP contribution in [0.2, 0.25) is 0 Å². The highest BCUT2D eigenvalue weighted by Crippen LogP contribution is 2.18. The highest BCUT2D eigenvalue weighted by Gasteiger charge is 2.19. The monoisotopic (exact) mass is 380 g/mol. The topological polar surface area (TPSA) is 122 Å². The van der Waals surface area contributed by atoms with E-state index in [0.29, 0.717) is 0 Å². The van der Waals surface area contributed by atoms with E-state index >= 15 is 0 Å². The van der Waals surface area contributed by atoms with Gasteiger partial charge in [-0.15, -0.1) is 0 Å². The number of carboxylic acid groups (broad SMARTS) is 1. The number of carboxylic acids is 1. The number of nitrogens with one attached hydrogen (secondary N) is 1. The second kappa shape index (κ2) is 10.1. The van der Waals surface area contributed by atoms with Crippen LogP contribution in [0.15, 0.2) is 18.2 Å². The standard InChI is InChI=1S/C18H24N2O7/c1-5-26-16(23)12-7-13(17(24)27-6-2)9-14(8-12)19-18(25)20(4)10-11(3)15(21)22/h7-9,11H,5-6,10H2,1-4H3,(H,19,25)(H,21,22). The van der Waals surface area contributed by atoms with E-state index in [9.17, 15) is 19.2 Å². The van der Waals surface area contributed by atoms with Crippen LogP contribution in [-0.4, -0.2) is 60.8 Å². The van der Waals surface area contributed by atoms with Gasteiger partial charge in [0, 0.05) is 19.3 Å². The van der Waals surface area contributed by atoms with Gasteiger partial charge in [0.15, 0.2) is 0 Å². The van der Waals surface area contributed by atoms with Crippen LogP contribution in [0.1, 0.15) is 41.5 Å². The molecular weight excluding hydrogens is 356 g/mol. The maximum Gasteiger partial charge on any atom is 0.338 e. The first-order valence-corrected chi connectivity index (χ1v) is 8.43. The van der Waals surface area contributed by atoms with Crippen molar-refractivity contribution in [3.63, 3.8) is 0 Å². The van der Waals surface area contributed by atoms with Gasteiger partial charge in [0.25, 0.3) is 0 Å². The summed E-state index contributed by atoms with van der Waals surface area (Å²) < 4.78 is 9.86. The van der Waals surface area contributed by atoms with Crippen molar-refractivity contribution in [3.05, 3.63) is 29.3 Å². The number of urea groups is 1. The fourth-order valence-corrected chi connectivity index (χ4v) is 2.16. The molecule has 1 atom stereocenters. The van der Waals surface area contributed by atoms with Crippen molar-refractivity contribution in [2.75, 3.05) is 32.1 Å². The zero-order chi connectivity index (χ0) is 20.6. The Morgan fingerprint density at radius 3 is 1.93 bits per heavy atom. The molecule has 0 aliphatic carbocycles. The average molecular weight is 380 g/mol. The zero-order valence-corrected chi connectivity index (χ0v) is 15.8. The number of carbonyl (C=O) groups excluding carboxylic acids is 3. The molecule has 0 spiro atoms. The fraction of sp³-hybridized carbons (Fsp3) is 0.444. The van der Waals surface area contributed by atoms with Gasteiger partial charge in [-0.1, -0.05) is 6.92 Å². The lowest BCUT2D eigenvalue weighted by Crippen LogP contribution is -2.36. The third-order valence-corrected chi connectivity index (χ3v) is 3.52. The first kappa shape index (κ1) is 21.9. The summed E-state index contributed by atoms with van der Waals surface area (Å²) in [5, 5.41) is 11.5. The number of anilines is 1. The lowest BCUT2D eigenvalue weighted by atomic mass is 10.1. The van der Waals surface area contributed by atoms with Crippen molar-refractivity contribution in [1.29, 1.82) is 0 Å². The van der Waals surface area contributed by atoms with Gasteiger partial charge in [0.05, 0.1) is 30.3 Å². The fourth-order valence-electron chi connectivity index (χ4n) is 2.16. The zero-order valence-electron chi connectivity index (χ0n) is 15.8. The molecule has 0 aliphatic rings. The molecule has 2 N–H and O–H groups in total. The van der Waals surface area contributed by atoms with E-state index in [4.69, 9.17) is 14.6 Å². The summed E-state index contributed by atoms with van der Waals surface area (Å²) in [6.07, 6.45) is 0. The molecule has 27 heavy (non-hydrogen) atoms. The first-order valence-electron chi connectivity index (χ1n) is 8.43. The number of esters is 2. The van der Waals surface area contributed by atoms with Crippen molar-refractivity contribution in [2.45, 2.75) is 20.8 Å². The molecule has 1 unspecified atom stereocenters. The van der Waals surface area contributed by atoms with Gasteiger partial charge in [-0.05, 0) is 32.0 Å². The second-order valence-corrected chi connectivity index (χ2v) is 5.79. The van der Waals surface area contributed by atoms with Crippen LogP contribution in [0.25, 0.3) is 0 Å². The number of aliphatic carboxylic acids is 1. The molecular formula is C18H24N2O7. The van der Waals surface area contributed by atoms with Crippen LogP contribution in [-0.2, 0) is 14.3 Å². The van der Waals surface area contributed by atoms with Crippen LogP contribution >= 0.6 is 0 Å². The Morgan fingerprint density at radius 2 is 1.52 bits per heavy atom. The van der Waals surface area contributed by atoms with E-state index < -0.39 is 29.9 Å². The number of ether oxygens (including phenoxy) is 2. The molecule has 9 heteroatoms. The van der Waals surface area contributed by atoms with E-state index in [2.05, 4.69) is 5.32 Å². The molecule has 0 aliphatic heterocycles. The molecule has 0 heterocycles. The molecule has 148 valence electrons. The predicted octanol–water partition coefficient (Wildman–Crippen LogP) is 2.22. The van der Waals surface area contributed by atoms with Crippen LogP contribution in [0.4, 0.5) is 10.5 Å². The molecule has 1 rings (SSSR count). The smallest absolute Gasteiger partial charge is 0.338 e. The minimum Gasteiger partial charge on any atom is -0.481 e. The minimum atomic E-state index is -1.02. The number of benzene rings is 1. The van der Waals surface area contributed by atoms with E-state index in [-0.39, 0.29) is 36.6 Å². The normalized spacial score (nSPS) is 11.3. The second-order valence-electron chi connectivity index (χ2n) is 5.79. The lowest BCUT2D eigenvalue weighted by Gasteiger charge is -2.20. The molecule has 1 aromatic carbocycles. The van der Waals surface area contributed by atoms with Crippen molar-refractivity contribution in [3.8, 4) is 0 Å². The molecule has 1 aromatic rings. The maximum atomic E-state index is 12.3. The first-order chi connectivity index (χ1) is 12.7. The van der Waals surface area contributed by atoms with Gasteiger partial charge in [-0.3, -0.25) is 4.79 Å². The largest absolute Gasteiger partial charge is 0.481 e. The highest BCUT2D eigenvalue weighted by atomic mass is 16.5. The number of hydrogen-bond donors (Lipinski definition) is 2. The van der Waals surface area contributed by atoms with Gasteiger partial charge in [-0.25, -0.2) is 14.4 Å². The summed E-state index contributed by atoms with van der Waals surface area (Å²) in [4.78, 5) is 48.4. The molecule has 9 nitrogen and oxygen atoms in total. The van der Waals surface area contributed by atoms with Crippen molar-refractivity contribution in [1.82, 2.24) is 4.90 Å². The van der Waals surface area contributed by atoms with Crippen LogP contribution in [0.3, 0.4) is 0 Å². The summed E-state index contributed by atoms with van der Waals surface area (Å²) >= 11 is 0. The van der Waals surface area contributed by atoms with E-state index in [1.807, 2.05) is 0 Å². The van der Waals surface area contributed by atoms with Crippen LogP contribution < -0.4 is 5.32 Å². The summed E-state index contributed by atoms with van der Waals surface area (Å²) in [6, 6.07) is 3.47. The SMILES string of the molecule is CCOC(=O)c1cc(NC(=O)N(C)CC(C)C(=O)O)cc(C(=O)OCC)c1. The molecule has 0 aromatic heterocycles. The molecule has 0 saturated carbocycles. The Kier molecular flexibility index (Phi) is 8.25. The molecule has 0 bridgehead atoms. The molecule has 2 amide bonds. The number of hydrogen-bond acceptors (Lipinski definition) is 6. The van der Waals surface area contributed by atoms with E-state index in [0.717, 1.165) is 0 Å². The Balaban J connectivity index is 3.06. The molecule has 0 radical (unpaired) electrons. The number of nitrogens with zero attached hydrogens (tertiary/aromatic N) is 1. The van der Waals surface area contributed by atoms with Gasteiger partial charge < -0.3 is 24.8 Å².